The van der Waals surface area contributed by atoms with Gasteiger partial charge in [-0.1, -0.05) is 13.8 Å². The van der Waals surface area contributed by atoms with Crippen molar-refractivity contribution < 1.29 is 4.79 Å². The summed E-state index contributed by atoms with van der Waals surface area (Å²) in [6.07, 6.45) is 2.39. The van der Waals surface area contributed by atoms with Gasteiger partial charge < -0.3 is 15.5 Å². The molecule has 1 aliphatic rings. The molecule has 1 unspecified atom stereocenters. The lowest BCUT2D eigenvalue weighted by Gasteiger charge is -2.33. The van der Waals surface area contributed by atoms with Gasteiger partial charge in [-0.25, -0.2) is 0 Å². The number of hydrogen-bond acceptors (Lipinski definition) is 3. The molecule has 0 spiro atoms. The summed E-state index contributed by atoms with van der Waals surface area (Å²) in [5.74, 6) is 1.83. The summed E-state index contributed by atoms with van der Waals surface area (Å²) >= 11 is 0. The number of rotatable bonds is 8. The van der Waals surface area contributed by atoms with Gasteiger partial charge in [0.2, 0.25) is 5.91 Å². The van der Waals surface area contributed by atoms with Crippen LogP contribution in [-0.4, -0.2) is 73.5 Å². The third-order valence-electron chi connectivity index (χ3n) is 4.41. The van der Waals surface area contributed by atoms with Crippen LogP contribution in [0.2, 0.25) is 0 Å². The fraction of sp³-hybridized carbons (Fsp3) is 0.889. The van der Waals surface area contributed by atoms with Gasteiger partial charge >= 0.3 is 0 Å². The lowest BCUT2D eigenvalue weighted by Crippen LogP contribution is -2.48. The maximum absolute atomic E-state index is 11.3. The van der Waals surface area contributed by atoms with Crippen LogP contribution >= 0.6 is 0 Å². The SMILES string of the molecule is CCNC(=NCCN1CCN(C(C)=O)CC1)NC(C)CCC(C)C. The highest BCUT2D eigenvalue weighted by atomic mass is 16.2. The second-order valence-electron chi connectivity index (χ2n) is 7.12. The Morgan fingerprint density at radius 1 is 1.12 bits per heavy atom. The normalized spacial score (nSPS) is 17.9. The van der Waals surface area contributed by atoms with E-state index in [4.69, 9.17) is 4.99 Å². The number of carbonyl (C=O) groups is 1. The molecule has 6 heteroatoms. The number of hydrogen-bond donors (Lipinski definition) is 2. The first kappa shape index (κ1) is 20.7. The minimum absolute atomic E-state index is 0.182. The fourth-order valence-electron chi connectivity index (χ4n) is 2.80. The van der Waals surface area contributed by atoms with E-state index >= 15 is 0 Å². The van der Waals surface area contributed by atoms with Crippen molar-refractivity contribution >= 4 is 11.9 Å². The molecule has 0 saturated carbocycles. The van der Waals surface area contributed by atoms with Gasteiger partial charge in [-0.15, -0.1) is 0 Å². The Kier molecular flexibility index (Phi) is 9.76. The van der Waals surface area contributed by atoms with Crippen LogP contribution in [0.25, 0.3) is 0 Å². The van der Waals surface area contributed by atoms with E-state index < -0.39 is 0 Å². The predicted molar refractivity (Wildman–Crippen MR) is 101 cm³/mol. The van der Waals surface area contributed by atoms with Crippen LogP contribution in [0, 0.1) is 5.92 Å². The molecule has 1 saturated heterocycles. The molecule has 1 aliphatic heterocycles. The molecular formula is C18H37N5O. The molecule has 140 valence electrons. The van der Waals surface area contributed by atoms with Crippen molar-refractivity contribution in [1.29, 1.82) is 0 Å². The molecular weight excluding hydrogens is 302 g/mol. The van der Waals surface area contributed by atoms with E-state index in [-0.39, 0.29) is 5.91 Å². The van der Waals surface area contributed by atoms with Crippen LogP contribution in [0.1, 0.15) is 47.5 Å². The van der Waals surface area contributed by atoms with Crippen LogP contribution < -0.4 is 10.6 Å². The Bertz CT molecular complexity index is 389. The zero-order valence-electron chi connectivity index (χ0n) is 16.3. The van der Waals surface area contributed by atoms with Gasteiger partial charge in [0.15, 0.2) is 5.96 Å². The van der Waals surface area contributed by atoms with Gasteiger partial charge in [-0.3, -0.25) is 14.7 Å². The maximum atomic E-state index is 11.3. The average Bonchev–Trinajstić information content (AvgIpc) is 2.53. The minimum Gasteiger partial charge on any atom is -0.357 e. The monoisotopic (exact) mass is 339 g/mol. The van der Waals surface area contributed by atoms with Crippen LogP contribution in [0.5, 0.6) is 0 Å². The van der Waals surface area contributed by atoms with E-state index in [9.17, 15) is 4.79 Å². The highest BCUT2D eigenvalue weighted by Crippen LogP contribution is 2.06. The van der Waals surface area contributed by atoms with Gasteiger partial charge in [-0.2, -0.15) is 0 Å². The van der Waals surface area contributed by atoms with Crippen molar-refractivity contribution in [2.24, 2.45) is 10.9 Å². The van der Waals surface area contributed by atoms with E-state index in [1.807, 2.05) is 4.90 Å². The van der Waals surface area contributed by atoms with Crippen LogP contribution in [0.15, 0.2) is 4.99 Å². The van der Waals surface area contributed by atoms with Crippen molar-refractivity contribution in [2.75, 3.05) is 45.8 Å². The Morgan fingerprint density at radius 3 is 2.33 bits per heavy atom. The number of piperazine rings is 1. The van der Waals surface area contributed by atoms with E-state index in [0.29, 0.717) is 6.04 Å². The van der Waals surface area contributed by atoms with Gasteiger partial charge in [0.25, 0.3) is 0 Å². The van der Waals surface area contributed by atoms with E-state index in [0.717, 1.165) is 64.1 Å². The second-order valence-corrected chi connectivity index (χ2v) is 7.12. The number of nitrogens with zero attached hydrogens (tertiary/aromatic N) is 3. The molecule has 0 radical (unpaired) electrons. The zero-order valence-corrected chi connectivity index (χ0v) is 16.3. The highest BCUT2D eigenvalue weighted by molar-refractivity contribution is 5.80. The molecule has 6 nitrogen and oxygen atoms in total. The van der Waals surface area contributed by atoms with Crippen molar-refractivity contribution in [3.63, 3.8) is 0 Å². The average molecular weight is 340 g/mol. The number of aliphatic imine (C=N–C) groups is 1. The van der Waals surface area contributed by atoms with Crippen LogP contribution in [-0.2, 0) is 4.79 Å². The van der Waals surface area contributed by atoms with Crippen molar-refractivity contribution in [2.45, 2.75) is 53.5 Å². The first-order chi connectivity index (χ1) is 11.4. The molecule has 0 aromatic rings. The van der Waals surface area contributed by atoms with E-state index in [2.05, 4.69) is 43.2 Å². The number of nitrogens with one attached hydrogen (secondary N) is 2. The summed E-state index contributed by atoms with van der Waals surface area (Å²) in [4.78, 5) is 20.4. The minimum atomic E-state index is 0.182. The lowest BCUT2D eigenvalue weighted by molar-refractivity contribution is -0.130. The van der Waals surface area contributed by atoms with Gasteiger partial charge in [0.1, 0.15) is 0 Å². The first-order valence-corrected chi connectivity index (χ1v) is 9.45. The van der Waals surface area contributed by atoms with E-state index in [1.54, 1.807) is 6.92 Å². The molecule has 0 aliphatic carbocycles. The van der Waals surface area contributed by atoms with Crippen molar-refractivity contribution in [3.8, 4) is 0 Å². The molecule has 1 amide bonds. The second kappa shape index (κ2) is 11.3. The summed E-state index contributed by atoms with van der Waals surface area (Å²) in [7, 11) is 0. The molecule has 0 aromatic carbocycles. The fourth-order valence-corrected chi connectivity index (χ4v) is 2.80. The molecule has 1 atom stereocenters. The summed E-state index contributed by atoms with van der Waals surface area (Å²) in [5, 5.41) is 6.83. The standard InChI is InChI=1S/C18H37N5O/c1-6-19-18(21-16(4)8-7-15(2)3)20-9-10-22-11-13-23(14-12-22)17(5)24/h15-16H,6-14H2,1-5H3,(H2,19,20,21). The highest BCUT2D eigenvalue weighted by Gasteiger charge is 2.17. The third-order valence-corrected chi connectivity index (χ3v) is 4.41. The summed E-state index contributed by atoms with van der Waals surface area (Å²) < 4.78 is 0. The Hall–Kier alpha value is -1.30. The Morgan fingerprint density at radius 2 is 1.79 bits per heavy atom. The number of guanidine groups is 1. The molecule has 1 fully saturated rings. The summed E-state index contributed by atoms with van der Waals surface area (Å²) in [6.45, 7) is 16.7. The largest absolute Gasteiger partial charge is 0.357 e. The predicted octanol–water partition coefficient (Wildman–Crippen LogP) is 1.53. The van der Waals surface area contributed by atoms with Crippen molar-refractivity contribution in [1.82, 2.24) is 20.4 Å². The van der Waals surface area contributed by atoms with Gasteiger partial charge in [0.05, 0.1) is 6.54 Å². The smallest absolute Gasteiger partial charge is 0.219 e. The summed E-state index contributed by atoms with van der Waals surface area (Å²) in [5.41, 5.74) is 0. The Labute approximate surface area is 148 Å². The van der Waals surface area contributed by atoms with Crippen LogP contribution in [0.3, 0.4) is 0 Å². The van der Waals surface area contributed by atoms with Crippen LogP contribution in [0.4, 0.5) is 0 Å². The maximum Gasteiger partial charge on any atom is 0.219 e. The molecule has 1 heterocycles. The summed E-state index contributed by atoms with van der Waals surface area (Å²) in [6, 6.07) is 0.435. The molecule has 0 bridgehead atoms. The van der Waals surface area contributed by atoms with E-state index in [1.165, 1.54) is 6.42 Å². The molecule has 2 N–H and O–H groups in total. The zero-order chi connectivity index (χ0) is 17.9. The molecule has 24 heavy (non-hydrogen) atoms. The van der Waals surface area contributed by atoms with Gasteiger partial charge in [-0.05, 0) is 32.6 Å². The topological polar surface area (TPSA) is 60.0 Å². The lowest BCUT2D eigenvalue weighted by atomic mass is 10.0. The number of carbonyl (C=O) groups excluding carboxylic acids is 1. The quantitative estimate of drug-likeness (QED) is 0.520. The Balaban J connectivity index is 2.33. The first-order valence-electron chi connectivity index (χ1n) is 9.45. The molecule has 0 aromatic heterocycles. The van der Waals surface area contributed by atoms with Crippen molar-refractivity contribution in [3.05, 3.63) is 0 Å². The van der Waals surface area contributed by atoms with Gasteiger partial charge in [0, 0.05) is 52.2 Å². The molecule has 1 rings (SSSR count). The number of amides is 1. The third kappa shape index (κ3) is 8.52.